The number of hydrogen-bond acceptors (Lipinski definition) is 3. The molecular weight excluding hydrogens is 324 g/mol. The number of nitrogens with zero attached hydrogens (tertiary/aromatic N) is 2. The van der Waals surface area contributed by atoms with Gasteiger partial charge in [0, 0.05) is 31.9 Å². The first-order valence-corrected chi connectivity index (χ1v) is 9.25. The van der Waals surface area contributed by atoms with Gasteiger partial charge in [-0.1, -0.05) is 51.1 Å². The van der Waals surface area contributed by atoms with E-state index in [2.05, 4.69) is 49.9 Å². The van der Waals surface area contributed by atoms with Crippen LogP contribution >= 0.6 is 0 Å². The second kappa shape index (κ2) is 7.40. The molecule has 26 heavy (non-hydrogen) atoms. The maximum atomic E-state index is 12.6. The number of hydrogen-bond donors (Lipinski definition) is 1. The number of phenols is 1. The van der Waals surface area contributed by atoms with Crippen LogP contribution in [-0.4, -0.2) is 42.1 Å². The van der Waals surface area contributed by atoms with Crippen LogP contribution in [0.3, 0.4) is 0 Å². The number of phenolic OH excluding ortho intramolecular Hbond substituents is 1. The van der Waals surface area contributed by atoms with E-state index in [9.17, 15) is 9.90 Å². The molecule has 0 aliphatic carbocycles. The molecule has 1 aliphatic rings. The molecule has 3 rings (SSSR count). The summed E-state index contributed by atoms with van der Waals surface area (Å²) in [6.07, 6.45) is 0.388. The molecule has 4 nitrogen and oxygen atoms in total. The van der Waals surface area contributed by atoms with Crippen LogP contribution in [0.25, 0.3) is 0 Å². The van der Waals surface area contributed by atoms with E-state index in [0.29, 0.717) is 6.42 Å². The molecular formula is C22H28N2O2. The van der Waals surface area contributed by atoms with Crippen LogP contribution in [-0.2, 0) is 16.6 Å². The molecule has 1 amide bonds. The third-order valence-corrected chi connectivity index (χ3v) is 4.98. The van der Waals surface area contributed by atoms with E-state index in [4.69, 9.17) is 0 Å². The van der Waals surface area contributed by atoms with E-state index in [0.717, 1.165) is 31.7 Å². The van der Waals surface area contributed by atoms with Crippen LogP contribution < -0.4 is 4.90 Å². The zero-order valence-corrected chi connectivity index (χ0v) is 15.9. The molecule has 1 aliphatic heterocycles. The van der Waals surface area contributed by atoms with Crippen molar-refractivity contribution in [2.45, 2.75) is 32.6 Å². The lowest BCUT2D eigenvalue weighted by Gasteiger charge is -2.38. The van der Waals surface area contributed by atoms with Crippen LogP contribution in [0.1, 0.15) is 31.9 Å². The largest absolute Gasteiger partial charge is 0.508 e. The molecule has 0 spiro atoms. The number of piperazine rings is 1. The van der Waals surface area contributed by atoms with Crippen molar-refractivity contribution < 1.29 is 9.90 Å². The lowest BCUT2D eigenvalue weighted by Crippen LogP contribution is -2.49. The molecule has 0 radical (unpaired) electrons. The first kappa shape index (κ1) is 18.3. The minimum Gasteiger partial charge on any atom is -0.508 e. The van der Waals surface area contributed by atoms with Gasteiger partial charge in [0.2, 0.25) is 5.91 Å². The Kier molecular flexibility index (Phi) is 5.21. The molecule has 1 N–H and O–H groups in total. The average molecular weight is 352 g/mol. The zero-order chi connectivity index (χ0) is 18.7. The summed E-state index contributed by atoms with van der Waals surface area (Å²) in [6, 6.07) is 15.5. The van der Waals surface area contributed by atoms with Crippen LogP contribution in [0.4, 0.5) is 5.69 Å². The maximum Gasteiger partial charge on any atom is 0.227 e. The Morgan fingerprint density at radius 2 is 1.58 bits per heavy atom. The number of anilines is 1. The van der Waals surface area contributed by atoms with Gasteiger partial charge in [0.1, 0.15) is 5.75 Å². The summed E-state index contributed by atoms with van der Waals surface area (Å²) in [6.45, 7) is 9.92. The molecule has 0 bridgehead atoms. The highest BCUT2D eigenvalue weighted by Crippen LogP contribution is 2.32. The van der Waals surface area contributed by atoms with Crippen molar-refractivity contribution in [1.29, 1.82) is 0 Å². The van der Waals surface area contributed by atoms with E-state index in [1.807, 2.05) is 17.0 Å². The van der Waals surface area contributed by atoms with Gasteiger partial charge in [0.25, 0.3) is 0 Å². The lowest BCUT2D eigenvalue weighted by molar-refractivity contribution is -0.130. The third-order valence-electron chi connectivity index (χ3n) is 4.98. The van der Waals surface area contributed by atoms with Gasteiger partial charge in [0.15, 0.2) is 0 Å². The molecule has 0 unspecified atom stereocenters. The van der Waals surface area contributed by atoms with E-state index in [1.54, 1.807) is 12.1 Å². The molecule has 4 heteroatoms. The van der Waals surface area contributed by atoms with Crippen molar-refractivity contribution in [1.82, 2.24) is 4.90 Å². The number of benzene rings is 2. The Balaban J connectivity index is 1.63. The Morgan fingerprint density at radius 1 is 0.962 bits per heavy atom. The van der Waals surface area contributed by atoms with Crippen molar-refractivity contribution in [3.05, 3.63) is 59.7 Å². The van der Waals surface area contributed by atoms with Crippen LogP contribution in [0.5, 0.6) is 5.75 Å². The van der Waals surface area contributed by atoms with Crippen LogP contribution in [0.15, 0.2) is 48.5 Å². The summed E-state index contributed by atoms with van der Waals surface area (Å²) in [5.41, 5.74) is 3.67. The fourth-order valence-corrected chi connectivity index (χ4v) is 3.48. The SMILES string of the molecule is CC(C)(C)c1ccccc1N1CCN(C(=O)Cc2ccc(O)cc2)CC1. The molecule has 0 saturated carbocycles. The molecule has 1 fully saturated rings. The minimum absolute atomic E-state index is 0.0996. The standard InChI is InChI=1S/C22H28N2O2/c1-22(2,3)19-6-4-5-7-20(19)23-12-14-24(15-13-23)21(26)16-17-8-10-18(25)11-9-17/h4-11,25H,12-16H2,1-3H3. The van der Waals surface area contributed by atoms with Gasteiger partial charge in [0.05, 0.1) is 6.42 Å². The molecule has 0 atom stereocenters. The molecule has 2 aromatic rings. The third kappa shape index (κ3) is 4.18. The minimum atomic E-state index is 0.0996. The molecule has 1 heterocycles. The number of aromatic hydroxyl groups is 1. The summed E-state index contributed by atoms with van der Waals surface area (Å²) in [4.78, 5) is 16.9. The fraction of sp³-hybridized carbons (Fsp3) is 0.409. The van der Waals surface area contributed by atoms with Crippen molar-refractivity contribution >= 4 is 11.6 Å². The number of amides is 1. The quantitative estimate of drug-likeness (QED) is 0.918. The maximum absolute atomic E-state index is 12.6. The van der Waals surface area contributed by atoms with Gasteiger partial charge < -0.3 is 14.9 Å². The second-order valence-corrected chi connectivity index (χ2v) is 7.98. The molecule has 0 aromatic heterocycles. The van der Waals surface area contributed by atoms with Crippen LogP contribution in [0, 0.1) is 0 Å². The topological polar surface area (TPSA) is 43.8 Å². The number of para-hydroxylation sites is 1. The van der Waals surface area contributed by atoms with Crippen molar-refractivity contribution in [3.8, 4) is 5.75 Å². The van der Waals surface area contributed by atoms with E-state index >= 15 is 0 Å². The second-order valence-electron chi connectivity index (χ2n) is 7.98. The summed E-state index contributed by atoms with van der Waals surface area (Å²) in [5, 5.41) is 9.36. The number of carbonyl (C=O) groups excluding carboxylic acids is 1. The first-order chi connectivity index (χ1) is 12.3. The van der Waals surface area contributed by atoms with Gasteiger partial charge in [-0.15, -0.1) is 0 Å². The number of carbonyl (C=O) groups is 1. The van der Waals surface area contributed by atoms with Crippen molar-refractivity contribution in [2.75, 3.05) is 31.1 Å². The molecule has 2 aromatic carbocycles. The monoisotopic (exact) mass is 352 g/mol. The van der Waals surface area contributed by atoms with E-state index in [1.165, 1.54) is 11.3 Å². The fourth-order valence-electron chi connectivity index (χ4n) is 3.48. The Bertz CT molecular complexity index is 754. The van der Waals surface area contributed by atoms with Gasteiger partial charge >= 0.3 is 0 Å². The highest BCUT2D eigenvalue weighted by atomic mass is 16.3. The summed E-state index contributed by atoms with van der Waals surface area (Å²) in [5.74, 6) is 0.381. The Labute approximate surface area is 156 Å². The first-order valence-electron chi connectivity index (χ1n) is 9.25. The number of rotatable bonds is 3. The molecule has 1 saturated heterocycles. The van der Waals surface area contributed by atoms with Gasteiger partial charge in [-0.05, 0) is 34.7 Å². The average Bonchev–Trinajstić information content (AvgIpc) is 2.63. The van der Waals surface area contributed by atoms with Gasteiger partial charge in [-0.2, -0.15) is 0 Å². The highest BCUT2D eigenvalue weighted by Gasteiger charge is 2.25. The van der Waals surface area contributed by atoms with E-state index in [-0.39, 0.29) is 17.1 Å². The van der Waals surface area contributed by atoms with Gasteiger partial charge in [-0.25, -0.2) is 0 Å². The summed E-state index contributed by atoms with van der Waals surface area (Å²) in [7, 11) is 0. The van der Waals surface area contributed by atoms with Crippen LogP contribution in [0.2, 0.25) is 0 Å². The highest BCUT2D eigenvalue weighted by molar-refractivity contribution is 5.79. The summed E-state index contributed by atoms with van der Waals surface area (Å²) < 4.78 is 0. The normalized spacial score (nSPS) is 15.2. The van der Waals surface area contributed by atoms with Crippen molar-refractivity contribution in [3.63, 3.8) is 0 Å². The smallest absolute Gasteiger partial charge is 0.227 e. The predicted molar refractivity (Wildman–Crippen MR) is 106 cm³/mol. The lowest BCUT2D eigenvalue weighted by atomic mass is 9.85. The zero-order valence-electron chi connectivity index (χ0n) is 15.9. The summed E-state index contributed by atoms with van der Waals surface area (Å²) >= 11 is 0. The van der Waals surface area contributed by atoms with E-state index < -0.39 is 0 Å². The molecule has 138 valence electrons. The Hall–Kier alpha value is -2.49. The predicted octanol–water partition coefficient (Wildman–Crippen LogP) is 3.58. The van der Waals surface area contributed by atoms with Crippen molar-refractivity contribution in [2.24, 2.45) is 0 Å². The van der Waals surface area contributed by atoms with Gasteiger partial charge in [-0.3, -0.25) is 4.79 Å². The Morgan fingerprint density at radius 3 is 2.19 bits per heavy atom.